The number of hydrogen-bond donors (Lipinski definition) is 0. The quantitative estimate of drug-likeness (QED) is 0.725. The number of hydrogen-bond acceptors (Lipinski definition) is 4. The van der Waals surface area contributed by atoms with Crippen molar-refractivity contribution >= 4 is 11.3 Å². The van der Waals surface area contributed by atoms with E-state index in [9.17, 15) is 0 Å². The Labute approximate surface area is 90.9 Å². The largest absolute Gasteiger partial charge is 0.234 e. The minimum Gasteiger partial charge on any atom is -0.234 e. The fourth-order valence-electron chi connectivity index (χ4n) is 1.21. The zero-order valence-corrected chi connectivity index (χ0v) is 8.38. The maximum atomic E-state index is 8.80. The molecule has 69 valence electrons. The minimum absolute atomic E-state index is 0.472. The number of nitrogens with zero attached hydrogens (tertiary/aromatic N) is 3. The number of nitriles is 2. The van der Waals surface area contributed by atoms with Crippen LogP contribution in [0.3, 0.4) is 0 Å². The SMILES string of the molecule is N#Cc1cc(C#N)cc(-c2n[c]cs2)c1. The number of thiazole rings is 1. The van der Waals surface area contributed by atoms with E-state index in [1.54, 1.807) is 23.6 Å². The van der Waals surface area contributed by atoms with Gasteiger partial charge in [0.1, 0.15) is 11.2 Å². The highest BCUT2D eigenvalue weighted by Gasteiger charge is 2.04. The van der Waals surface area contributed by atoms with Crippen molar-refractivity contribution in [1.82, 2.24) is 4.98 Å². The highest BCUT2D eigenvalue weighted by Crippen LogP contribution is 2.23. The summed E-state index contributed by atoms with van der Waals surface area (Å²) in [7, 11) is 0. The molecule has 2 rings (SSSR count). The van der Waals surface area contributed by atoms with E-state index in [4.69, 9.17) is 10.5 Å². The molecule has 4 heteroatoms. The van der Waals surface area contributed by atoms with Crippen molar-refractivity contribution in [2.75, 3.05) is 0 Å². The van der Waals surface area contributed by atoms with Crippen molar-refractivity contribution in [3.05, 3.63) is 40.9 Å². The van der Waals surface area contributed by atoms with Gasteiger partial charge in [0.2, 0.25) is 0 Å². The van der Waals surface area contributed by atoms with Crippen LogP contribution in [0.4, 0.5) is 0 Å². The molecule has 0 unspecified atom stereocenters. The molecule has 0 spiro atoms. The normalized spacial score (nSPS) is 9.20. The summed E-state index contributed by atoms with van der Waals surface area (Å²) in [5.74, 6) is 0. The van der Waals surface area contributed by atoms with Gasteiger partial charge >= 0.3 is 0 Å². The first-order valence-corrected chi connectivity index (χ1v) is 4.98. The molecular formula is C11H4N3S. The lowest BCUT2D eigenvalue weighted by Gasteiger charge is -1.97. The van der Waals surface area contributed by atoms with E-state index in [2.05, 4.69) is 11.2 Å². The molecule has 0 saturated carbocycles. The molecule has 0 bridgehead atoms. The summed E-state index contributed by atoms with van der Waals surface area (Å²) in [6, 6.07) is 9.03. The molecule has 0 saturated heterocycles. The molecule has 3 nitrogen and oxygen atoms in total. The molecule has 2 aromatic rings. The molecular weight excluding hydrogens is 206 g/mol. The van der Waals surface area contributed by atoms with Crippen LogP contribution < -0.4 is 0 Å². The number of aromatic nitrogens is 1. The van der Waals surface area contributed by atoms with Crippen LogP contribution in [0, 0.1) is 28.9 Å². The summed E-state index contributed by atoms with van der Waals surface area (Å²) in [4.78, 5) is 4.01. The topological polar surface area (TPSA) is 60.5 Å². The molecule has 1 aromatic carbocycles. The van der Waals surface area contributed by atoms with Crippen molar-refractivity contribution in [2.24, 2.45) is 0 Å². The molecule has 0 aliphatic heterocycles. The van der Waals surface area contributed by atoms with Crippen LogP contribution in [0.15, 0.2) is 23.6 Å². The summed E-state index contributed by atoms with van der Waals surface area (Å²) in [6.45, 7) is 0. The van der Waals surface area contributed by atoms with E-state index in [-0.39, 0.29) is 0 Å². The lowest BCUT2D eigenvalue weighted by atomic mass is 10.1. The van der Waals surface area contributed by atoms with Crippen LogP contribution in [0.1, 0.15) is 11.1 Å². The first-order valence-electron chi connectivity index (χ1n) is 4.10. The molecule has 0 aliphatic carbocycles. The van der Waals surface area contributed by atoms with E-state index in [0.717, 1.165) is 10.6 Å². The average Bonchev–Trinajstić information content (AvgIpc) is 2.81. The van der Waals surface area contributed by atoms with Gasteiger partial charge in [-0.15, -0.1) is 11.3 Å². The lowest BCUT2D eigenvalue weighted by Crippen LogP contribution is -1.83. The first kappa shape index (κ1) is 9.39. The molecule has 1 heterocycles. The molecule has 1 aromatic heterocycles. The highest BCUT2D eigenvalue weighted by molar-refractivity contribution is 7.13. The monoisotopic (exact) mass is 210 g/mol. The molecule has 0 amide bonds. The zero-order chi connectivity index (χ0) is 10.7. The third-order valence-electron chi connectivity index (χ3n) is 1.83. The van der Waals surface area contributed by atoms with Crippen molar-refractivity contribution in [1.29, 1.82) is 10.5 Å². The minimum atomic E-state index is 0.472. The zero-order valence-electron chi connectivity index (χ0n) is 7.56. The second-order valence-corrected chi connectivity index (χ2v) is 3.66. The summed E-state index contributed by atoms with van der Waals surface area (Å²) < 4.78 is 0. The predicted octanol–water partition coefficient (Wildman–Crippen LogP) is 2.35. The van der Waals surface area contributed by atoms with Gasteiger partial charge in [0, 0.05) is 10.9 Å². The Morgan fingerprint density at radius 1 is 1.13 bits per heavy atom. The second-order valence-electron chi connectivity index (χ2n) is 2.80. The molecule has 0 aliphatic rings. The molecule has 0 fully saturated rings. The van der Waals surface area contributed by atoms with E-state index >= 15 is 0 Å². The summed E-state index contributed by atoms with van der Waals surface area (Å²) in [5, 5.41) is 20.1. The van der Waals surface area contributed by atoms with Crippen LogP contribution in [-0.4, -0.2) is 4.98 Å². The maximum absolute atomic E-state index is 8.80. The van der Waals surface area contributed by atoms with E-state index in [0.29, 0.717) is 11.1 Å². The van der Waals surface area contributed by atoms with Gasteiger partial charge in [0.05, 0.1) is 23.3 Å². The second kappa shape index (κ2) is 3.91. The fourth-order valence-corrected chi connectivity index (χ4v) is 1.78. The third-order valence-corrected chi connectivity index (χ3v) is 2.60. The standard InChI is InChI=1S/C11H4N3S/c12-6-8-3-9(7-13)5-10(4-8)11-14-1-2-15-11/h2-5H. The summed E-state index contributed by atoms with van der Waals surface area (Å²) in [6.07, 6.45) is 2.71. The molecule has 0 atom stereocenters. The van der Waals surface area contributed by atoms with Crippen LogP contribution in [0.2, 0.25) is 0 Å². The first-order chi connectivity index (χ1) is 7.33. The van der Waals surface area contributed by atoms with Gasteiger partial charge in [-0.1, -0.05) is 0 Å². The Morgan fingerprint density at radius 2 is 1.80 bits per heavy atom. The molecule has 0 N–H and O–H groups in total. The third kappa shape index (κ3) is 1.85. The summed E-state index contributed by atoms with van der Waals surface area (Å²) >= 11 is 1.43. The summed E-state index contributed by atoms with van der Waals surface area (Å²) in [5.41, 5.74) is 1.73. The fraction of sp³-hybridized carbons (Fsp3) is 0. The number of rotatable bonds is 1. The Hall–Kier alpha value is -2.17. The van der Waals surface area contributed by atoms with Gasteiger partial charge in [0.15, 0.2) is 0 Å². The van der Waals surface area contributed by atoms with Crippen molar-refractivity contribution in [3.63, 3.8) is 0 Å². The van der Waals surface area contributed by atoms with Crippen molar-refractivity contribution in [3.8, 4) is 22.7 Å². The van der Waals surface area contributed by atoms with E-state index in [1.807, 2.05) is 12.1 Å². The van der Waals surface area contributed by atoms with Crippen LogP contribution in [0.25, 0.3) is 10.6 Å². The van der Waals surface area contributed by atoms with E-state index < -0.39 is 0 Å². The van der Waals surface area contributed by atoms with Crippen molar-refractivity contribution < 1.29 is 0 Å². The van der Waals surface area contributed by atoms with Gasteiger partial charge in [-0.3, -0.25) is 0 Å². The predicted molar refractivity (Wildman–Crippen MR) is 55.8 cm³/mol. The number of benzene rings is 1. The molecule has 15 heavy (non-hydrogen) atoms. The lowest BCUT2D eigenvalue weighted by molar-refractivity contribution is 1.38. The van der Waals surface area contributed by atoms with Crippen LogP contribution >= 0.6 is 11.3 Å². The van der Waals surface area contributed by atoms with Gasteiger partial charge in [-0.25, -0.2) is 4.98 Å². The van der Waals surface area contributed by atoms with Crippen LogP contribution in [-0.2, 0) is 0 Å². The Morgan fingerprint density at radius 3 is 2.27 bits per heavy atom. The van der Waals surface area contributed by atoms with Gasteiger partial charge in [0.25, 0.3) is 0 Å². The average molecular weight is 210 g/mol. The van der Waals surface area contributed by atoms with Gasteiger partial charge in [-0.05, 0) is 18.2 Å². The Bertz CT molecular complexity index is 526. The van der Waals surface area contributed by atoms with Crippen LogP contribution in [0.5, 0.6) is 0 Å². The maximum Gasteiger partial charge on any atom is 0.124 e. The van der Waals surface area contributed by atoms with E-state index in [1.165, 1.54) is 11.3 Å². The van der Waals surface area contributed by atoms with Gasteiger partial charge < -0.3 is 0 Å². The van der Waals surface area contributed by atoms with Crippen molar-refractivity contribution in [2.45, 2.75) is 0 Å². The molecule has 1 radical (unpaired) electrons. The Balaban J connectivity index is 2.59. The highest BCUT2D eigenvalue weighted by atomic mass is 32.1. The Kier molecular flexibility index (Phi) is 2.45. The van der Waals surface area contributed by atoms with Gasteiger partial charge in [-0.2, -0.15) is 10.5 Å². The smallest absolute Gasteiger partial charge is 0.124 e.